The standard InChI is InChI=1S/C15H14F3N3O3/c16-15(17,18)14-20-13(21-24-14)10-5-3-9(8-19-10)4-6-11(22)12-2-1-7-23-12/h3,5,8,12H,1-2,4,6-7H2. The van der Waals surface area contributed by atoms with E-state index in [0.717, 1.165) is 18.4 Å². The number of ketones is 1. The van der Waals surface area contributed by atoms with E-state index >= 15 is 0 Å². The van der Waals surface area contributed by atoms with Gasteiger partial charge in [-0.25, -0.2) is 0 Å². The number of ether oxygens (including phenoxy) is 1. The van der Waals surface area contributed by atoms with Crippen LogP contribution < -0.4 is 0 Å². The van der Waals surface area contributed by atoms with E-state index in [9.17, 15) is 18.0 Å². The summed E-state index contributed by atoms with van der Waals surface area (Å²) in [6, 6.07) is 3.17. The van der Waals surface area contributed by atoms with Gasteiger partial charge in [0.15, 0.2) is 5.78 Å². The van der Waals surface area contributed by atoms with E-state index in [-0.39, 0.29) is 23.4 Å². The van der Waals surface area contributed by atoms with Gasteiger partial charge in [-0.05, 0) is 30.9 Å². The minimum absolute atomic E-state index is 0.0598. The first-order valence-electron chi connectivity index (χ1n) is 7.44. The van der Waals surface area contributed by atoms with Gasteiger partial charge in [-0.3, -0.25) is 9.78 Å². The summed E-state index contributed by atoms with van der Waals surface area (Å²) in [7, 11) is 0. The summed E-state index contributed by atoms with van der Waals surface area (Å²) in [6.07, 6.45) is -1.02. The Labute approximate surface area is 135 Å². The molecule has 6 nitrogen and oxygen atoms in total. The zero-order chi connectivity index (χ0) is 17.2. The Kier molecular flexibility index (Phi) is 4.61. The molecule has 2 aromatic heterocycles. The van der Waals surface area contributed by atoms with Gasteiger partial charge in [0, 0.05) is 19.2 Å². The van der Waals surface area contributed by atoms with Crippen LogP contribution in [0.5, 0.6) is 0 Å². The van der Waals surface area contributed by atoms with Crippen LogP contribution in [0, 0.1) is 0 Å². The van der Waals surface area contributed by atoms with Gasteiger partial charge in [-0.1, -0.05) is 11.2 Å². The predicted molar refractivity (Wildman–Crippen MR) is 74.8 cm³/mol. The van der Waals surface area contributed by atoms with E-state index in [1.165, 1.54) is 12.3 Å². The molecule has 24 heavy (non-hydrogen) atoms. The Bertz CT molecular complexity index is 707. The lowest BCUT2D eigenvalue weighted by atomic mass is 10.0. The second kappa shape index (κ2) is 6.68. The smallest absolute Gasteiger partial charge is 0.370 e. The van der Waals surface area contributed by atoms with Crippen LogP contribution in [0.4, 0.5) is 13.2 Å². The normalized spacial score (nSPS) is 18.0. The summed E-state index contributed by atoms with van der Waals surface area (Å²) in [5.41, 5.74) is 0.966. The van der Waals surface area contributed by atoms with Gasteiger partial charge >= 0.3 is 12.1 Å². The average molecular weight is 341 g/mol. The van der Waals surface area contributed by atoms with Gasteiger partial charge in [0.25, 0.3) is 0 Å². The SMILES string of the molecule is O=C(CCc1ccc(-c2noc(C(F)(F)F)n2)nc1)C1CCCO1. The third kappa shape index (κ3) is 3.78. The topological polar surface area (TPSA) is 78.1 Å². The van der Waals surface area contributed by atoms with Crippen LogP contribution in [-0.4, -0.2) is 33.6 Å². The third-order valence-corrected chi connectivity index (χ3v) is 3.67. The van der Waals surface area contributed by atoms with Gasteiger partial charge in [0.1, 0.15) is 11.8 Å². The Morgan fingerprint density at radius 3 is 2.75 bits per heavy atom. The number of hydrogen-bond donors (Lipinski definition) is 0. The predicted octanol–water partition coefficient (Wildman–Crippen LogP) is 2.83. The highest BCUT2D eigenvalue weighted by atomic mass is 19.4. The van der Waals surface area contributed by atoms with E-state index in [0.29, 0.717) is 19.4 Å². The first kappa shape index (κ1) is 16.6. The van der Waals surface area contributed by atoms with Crippen molar-refractivity contribution >= 4 is 5.78 Å². The van der Waals surface area contributed by atoms with Gasteiger partial charge in [0.2, 0.25) is 5.82 Å². The number of pyridine rings is 1. The molecule has 1 aliphatic heterocycles. The summed E-state index contributed by atoms with van der Waals surface area (Å²) in [6.45, 7) is 0.622. The van der Waals surface area contributed by atoms with E-state index in [1.807, 2.05) is 0 Å². The number of aromatic nitrogens is 3. The fourth-order valence-electron chi connectivity index (χ4n) is 2.41. The van der Waals surface area contributed by atoms with Crippen molar-refractivity contribution in [3.8, 4) is 11.5 Å². The van der Waals surface area contributed by atoms with Crippen LogP contribution in [0.1, 0.15) is 30.7 Å². The number of alkyl halides is 3. The minimum atomic E-state index is -4.69. The van der Waals surface area contributed by atoms with Crippen LogP contribution in [-0.2, 0) is 22.1 Å². The van der Waals surface area contributed by atoms with Crippen molar-refractivity contribution in [3.63, 3.8) is 0 Å². The first-order chi connectivity index (χ1) is 11.4. The van der Waals surface area contributed by atoms with Gasteiger partial charge in [-0.15, -0.1) is 0 Å². The molecule has 128 valence electrons. The molecule has 0 amide bonds. The minimum Gasteiger partial charge on any atom is -0.370 e. The lowest BCUT2D eigenvalue weighted by Gasteiger charge is -2.07. The maximum atomic E-state index is 12.4. The molecule has 1 aliphatic rings. The van der Waals surface area contributed by atoms with Crippen molar-refractivity contribution < 1.29 is 27.2 Å². The molecule has 0 N–H and O–H groups in total. The largest absolute Gasteiger partial charge is 0.471 e. The fraction of sp³-hybridized carbons (Fsp3) is 0.467. The summed E-state index contributed by atoms with van der Waals surface area (Å²) in [4.78, 5) is 19.2. The van der Waals surface area contributed by atoms with Crippen LogP contribution in [0.15, 0.2) is 22.9 Å². The summed E-state index contributed by atoms with van der Waals surface area (Å²) in [5, 5.41) is 3.27. The van der Waals surface area contributed by atoms with Crippen molar-refractivity contribution in [1.29, 1.82) is 0 Å². The van der Waals surface area contributed by atoms with Crippen LogP contribution in [0.3, 0.4) is 0 Å². The second-order valence-electron chi connectivity index (χ2n) is 5.44. The zero-order valence-electron chi connectivity index (χ0n) is 12.5. The lowest BCUT2D eigenvalue weighted by molar-refractivity contribution is -0.159. The van der Waals surface area contributed by atoms with Crippen molar-refractivity contribution in [3.05, 3.63) is 29.8 Å². The molecule has 1 atom stereocenters. The summed E-state index contributed by atoms with van der Waals surface area (Å²) in [5.74, 6) is -1.58. The Hall–Kier alpha value is -2.29. The molecule has 9 heteroatoms. The van der Waals surface area contributed by atoms with Crippen LogP contribution >= 0.6 is 0 Å². The number of nitrogens with zero attached hydrogens (tertiary/aromatic N) is 3. The van der Waals surface area contributed by atoms with Gasteiger partial charge in [-0.2, -0.15) is 18.2 Å². The van der Waals surface area contributed by atoms with Crippen LogP contribution in [0.25, 0.3) is 11.5 Å². The quantitative estimate of drug-likeness (QED) is 0.832. The Morgan fingerprint density at radius 2 is 2.17 bits per heavy atom. The number of hydrogen-bond acceptors (Lipinski definition) is 6. The number of carbonyl (C=O) groups excluding carboxylic acids is 1. The highest BCUT2D eigenvalue weighted by Crippen LogP contribution is 2.29. The van der Waals surface area contributed by atoms with Gasteiger partial charge < -0.3 is 9.26 Å². The van der Waals surface area contributed by atoms with Crippen molar-refractivity contribution in [2.24, 2.45) is 0 Å². The molecule has 1 saturated heterocycles. The number of Topliss-reactive ketones (excluding diaryl/α,β-unsaturated/α-hetero) is 1. The summed E-state index contributed by atoms with van der Waals surface area (Å²) >= 11 is 0. The zero-order valence-corrected chi connectivity index (χ0v) is 12.5. The van der Waals surface area contributed by atoms with Crippen molar-refractivity contribution in [1.82, 2.24) is 15.1 Å². The van der Waals surface area contributed by atoms with E-state index in [1.54, 1.807) is 6.07 Å². The number of halogens is 3. The Balaban J connectivity index is 1.61. The van der Waals surface area contributed by atoms with Gasteiger partial charge in [0.05, 0.1) is 0 Å². The second-order valence-corrected chi connectivity index (χ2v) is 5.44. The van der Waals surface area contributed by atoms with E-state index in [4.69, 9.17) is 4.74 Å². The molecule has 1 fully saturated rings. The lowest BCUT2D eigenvalue weighted by Crippen LogP contribution is -2.19. The molecule has 1 unspecified atom stereocenters. The molecular formula is C15H14F3N3O3. The maximum absolute atomic E-state index is 12.4. The molecule has 0 radical (unpaired) electrons. The number of aryl methyl sites for hydroxylation is 1. The first-order valence-corrected chi connectivity index (χ1v) is 7.44. The molecule has 3 heterocycles. The molecule has 3 rings (SSSR count). The monoisotopic (exact) mass is 341 g/mol. The molecular weight excluding hydrogens is 327 g/mol. The molecule has 0 spiro atoms. The molecule has 2 aromatic rings. The Morgan fingerprint density at radius 1 is 1.33 bits per heavy atom. The molecule has 0 aliphatic carbocycles. The van der Waals surface area contributed by atoms with E-state index in [2.05, 4.69) is 19.6 Å². The molecule has 0 bridgehead atoms. The fourth-order valence-corrected chi connectivity index (χ4v) is 2.41. The number of rotatable bonds is 5. The highest BCUT2D eigenvalue weighted by molar-refractivity contribution is 5.83. The average Bonchev–Trinajstić information content (AvgIpc) is 3.23. The summed E-state index contributed by atoms with van der Waals surface area (Å²) < 4.78 is 46.8. The van der Waals surface area contributed by atoms with Crippen molar-refractivity contribution in [2.75, 3.05) is 6.61 Å². The third-order valence-electron chi connectivity index (χ3n) is 3.67. The van der Waals surface area contributed by atoms with Crippen LogP contribution in [0.2, 0.25) is 0 Å². The highest BCUT2D eigenvalue weighted by Gasteiger charge is 2.38. The molecule has 0 saturated carbocycles. The maximum Gasteiger partial charge on any atom is 0.471 e. The molecule has 0 aromatic carbocycles. The number of carbonyl (C=O) groups is 1. The van der Waals surface area contributed by atoms with Crippen molar-refractivity contribution in [2.45, 2.75) is 38.0 Å². The van der Waals surface area contributed by atoms with E-state index < -0.39 is 12.1 Å².